The van der Waals surface area contributed by atoms with Crippen LogP contribution in [0.25, 0.3) is 11.1 Å². The fourth-order valence-electron chi connectivity index (χ4n) is 4.52. The maximum absolute atomic E-state index is 11.0. The summed E-state index contributed by atoms with van der Waals surface area (Å²) in [6, 6.07) is 8.72. The number of phenols is 2. The number of hydrogen-bond acceptors (Lipinski definition) is 2. The third-order valence-corrected chi connectivity index (χ3v) is 7.40. The standard InChI is InChI=1S/C28H40O2/c1-8-17(5)24-13-22(14-25(28(24)30)18(6)9-2)21-12-23(16(3)4)27(29)26(15-21)19(7)20-10-11-20/h12-20,29-30H,8-11H2,1-7H3. The summed E-state index contributed by atoms with van der Waals surface area (Å²) in [5, 5.41) is 22.1. The monoisotopic (exact) mass is 408 g/mol. The fourth-order valence-corrected chi connectivity index (χ4v) is 4.52. The number of phenolic OH excluding ortho intramolecular Hbond substituents is 2. The number of rotatable bonds is 8. The van der Waals surface area contributed by atoms with Gasteiger partial charge >= 0.3 is 0 Å². The van der Waals surface area contributed by atoms with Crippen molar-refractivity contribution in [2.24, 2.45) is 5.92 Å². The lowest BCUT2D eigenvalue weighted by Crippen LogP contribution is -2.03. The van der Waals surface area contributed by atoms with Crippen molar-refractivity contribution in [3.8, 4) is 22.6 Å². The largest absolute Gasteiger partial charge is 0.507 e. The van der Waals surface area contributed by atoms with Crippen LogP contribution in [0.3, 0.4) is 0 Å². The highest BCUT2D eigenvalue weighted by Gasteiger charge is 2.31. The molecule has 0 amide bonds. The Balaban J connectivity index is 2.23. The van der Waals surface area contributed by atoms with Crippen molar-refractivity contribution in [2.45, 2.75) is 97.8 Å². The van der Waals surface area contributed by atoms with E-state index in [1.165, 1.54) is 12.8 Å². The highest BCUT2D eigenvalue weighted by molar-refractivity contribution is 5.71. The second kappa shape index (κ2) is 9.04. The van der Waals surface area contributed by atoms with Crippen LogP contribution in [0.2, 0.25) is 0 Å². The smallest absolute Gasteiger partial charge is 0.122 e. The SMILES string of the molecule is CCC(C)c1cc(-c2cc(C(C)C)c(O)c(C(C)C3CC3)c2)cc(C(C)CC)c1O. The van der Waals surface area contributed by atoms with Crippen molar-refractivity contribution in [1.29, 1.82) is 0 Å². The van der Waals surface area contributed by atoms with Crippen LogP contribution < -0.4 is 0 Å². The van der Waals surface area contributed by atoms with Crippen LogP contribution in [0.4, 0.5) is 0 Å². The molecular formula is C28H40O2. The van der Waals surface area contributed by atoms with Crippen LogP contribution in [0.15, 0.2) is 24.3 Å². The van der Waals surface area contributed by atoms with Crippen LogP contribution in [0.1, 0.15) is 120 Å². The Labute approximate surface area is 183 Å². The Morgan fingerprint density at radius 1 is 0.700 bits per heavy atom. The van der Waals surface area contributed by atoms with E-state index in [9.17, 15) is 10.2 Å². The summed E-state index contributed by atoms with van der Waals surface area (Å²) < 4.78 is 0. The van der Waals surface area contributed by atoms with Gasteiger partial charge in [0.05, 0.1) is 0 Å². The minimum atomic E-state index is 0.260. The summed E-state index contributed by atoms with van der Waals surface area (Å²) in [6.07, 6.45) is 4.51. The van der Waals surface area contributed by atoms with Gasteiger partial charge in [0.2, 0.25) is 0 Å². The zero-order valence-electron chi connectivity index (χ0n) is 19.9. The van der Waals surface area contributed by atoms with Crippen LogP contribution in [-0.4, -0.2) is 10.2 Å². The molecule has 2 nitrogen and oxygen atoms in total. The topological polar surface area (TPSA) is 40.5 Å². The highest BCUT2D eigenvalue weighted by Crippen LogP contribution is 2.48. The molecule has 1 aliphatic rings. The fraction of sp³-hybridized carbons (Fsp3) is 0.571. The average Bonchev–Trinajstić information content (AvgIpc) is 3.57. The molecule has 1 aliphatic carbocycles. The van der Waals surface area contributed by atoms with Crippen LogP contribution in [0.5, 0.6) is 11.5 Å². The zero-order valence-corrected chi connectivity index (χ0v) is 19.9. The first-order valence-electron chi connectivity index (χ1n) is 11.9. The predicted octanol–water partition coefficient (Wildman–Crippen LogP) is 8.43. The lowest BCUT2D eigenvalue weighted by Gasteiger charge is -2.22. The Hall–Kier alpha value is -1.96. The molecule has 3 unspecified atom stereocenters. The molecule has 0 bridgehead atoms. The molecule has 0 aromatic heterocycles. The van der Waals surface area contributed by atoms with Crippen molar-refractivity contribution in [1.82, 2.24) is 0 Å². The van der Waals surface area contributed by atoms with Gasteiger partial charge in [-0.15, -0.1) is 0 Å². The highest BCUT2D eigenvalue weighted by atomic mass is 16.3. The lowest BCUT2D eigenvalue weighted by molar-refractivity contribution is 0.448. The van der Waals surface area contributed by atoms with E-state index in [2.05, 4.69) is 72.7 Å². The van der Waals surface area contributed by atoms with E-state index in [1.807, 2.05) is 0 Å². The van der Waals surface area contributed by atoms with Gasteiger partial charge in [0.15, 0.2) is 0 Å². The molecule has 0 heterocycles. The van der Waals surface area contributed by atoms with E-state index in [4.69, 9.17) is 0 Å². The Morgan fingerprint density at radius 3 is 1.50 bits per heavy atom. The van der Waals surface area contributed by atoms with Gasteiger partial charge in [-0.05, 0) is 113 Å². The van der Waals surface area contributed by atoms with E-state index in [0.29, 0.717) is 35.2 Å². The van der Waals surface area contributed by atoms with E-state index in [1.54, 1.807) is 0 Å². The molecule has 1 fully saturated rings. The van der Waals surface area contributed by atoms with E-state index in [0.717, 1.165) is 46.2 Å². The molecule has 2 aromatic carbocycles. The Kier molecular flexibility index (Phi) is 6.84. The minimum absolute atomic E-state index is 0.260. The molecule has 0 radical (unpaired) electrons. The quantitative estimate of drug-likeness (QED) is 0.460. The first-order chi connectivity index (χ1) is 14.2. The van der Waals surface area contributed by atoms with Gasteiger partial charge in [0.25, 0.3) is 0 Å². The van der Waals surface area contributed by atoms with Gasteiger partial charge in [-0.1, -0.05) is 48.5 Å². The van der Waals surface area contributed by atoms with Crippen LogP contribution >= 0.6 is 0 Å². The third kappa shape index (κ3) is 4.38. The molecule has 3 rings (SSSR count). The van der Waals surface area contributed by atoms with Gasteiger partial charge in [-0.2, -0.15) is 0 Å². The molecule has 0 saturated heterocycles. The van der Waals surface area contributed by atoms with E-state index < -0.39 is 0 Å². The van der Waals surface area contributed by atoms with Crippen LogP contribution in [0, 0.1) is 5.92 Å². The lowest BCUT2D eigenvalue weighted by atomic mass is 9.84. The maximum atomic E-state index is 11.0. The first-order valence-corrected chi connectivity index (χ1v) is 11.9. The minimum Gasteiger partial charge on any atom is -0.507 e. The summed E-state index contributed by atoms with van der Waals surface area (Å²) in [5.41, 5.74) is 6.51. The summed E-state index contributed by atoms with van der Waals surface area (Å²) in [4.78, 5) is 0. The molecule has 2 N–H and O–H groups in total. The van der Waals surface area contributed by atoms with Crippen molar-refractivity contribution in [3.05, 3.63) is 46.5 Å². The molecule has 30 heavy (non-hydrogen) atoms. The van der Waals surface area contributed by atoms with Crippen molar-refractivity contribution < 1.29 is 10.2 Å². The molecule has 2 aromatic rings. The molecular weight excluding hydrogens is 368 g/mol. The Morgan fingerprint density at radius 2 is 1.10 bits per heavy atom. The third-order valence-electron chi connectivity index (χ3n) is 7.40. The second-order valence-electron chi connectivity index (χ2n) is 9.91. The second-order valence-corrected chi connectivity index (χ2v) is 9.91. The van der Waals surface area contributed by atoms with Crippen molar-refractivity contribution in [3.63, 3.8) is 0 Å². The molecule has 164 valence electrons. The first kappa shape index (κ1) is 22.7. The summed E-state index contributed by atoms with van der Waals surface area (Å²) in [5.74, 6) is 2.89. The van der Waals surface area contributed by atoms with Gasteiger partial charge in [-0.3, -0.25) is 0 Å². The molecule has 3 atom stereocenters. The van der Waals surface area contributed by atoms with E-state index >= 15 is 0 Å². The number of benzene rings is 2. The summed E-state index contributed by atoms with van der Waals surface area (Å²) >= 11 is 0. The van der Waals surface area contributed by atoms with Gasteiger partial charge < -0.3 is 10.2 Å². The molecule has 1 saturated carbocycles. The Bertz CT molecular complexity index is 861. The normalized spacial score (nSPS) is 17.2. The predicted molar refractivity (Wildman–Crippen MR) is 128 cm³/mol. The van der Waals surface area contributed by atoms with Gasteiger partial charge in [-0.25, -0.2) is 0 Å². The average molecular weight is 409 g/mol. The van der Waals surface area contributed by atoms with E-state index in [-0.39, 0.29) is 5.92 Å². The zero-order chi connectivity index (χ0) is 22.2. The van der Waals surface area contributed by atoms with Crippen LogP contribution in [-0.2, 0) is 0 Å². The molecule has 0 aliphatic heterocycles. The van der Waals surface area contributed by atoms with Crippen molar-refractivity contribution >= 4 is 0 Å². The molecule has 0 spiro atoms. The van der Waals surface area contributed by atoms with Crippen molar-refractivity contribution in [2.75, 3.05) is 0 Å². The number of hydrogen-bond donors (Lipinski definition) is 2. The molecule has 2 heteroatoms. The summed E-state index contributed by atoms with van der Waals surface area (Å²) in [7, 11) is 0. The number of aromatic hydroxyl groups is 2. The maximum Gasteiger partial charge on any atom is 0.122 e. The van der Waals surface area contributed by atoms with Gasteiger partial charge in [0, 0.05) is 0 Å². The summed E-state index contributed by atoms with van der Waals surface area (Å²) in [6.45, 7) is 15.3. The van der Waals surface area contributed by atoms with Gasteiger partial charge in [0.1, 0.15) is 11.5 Å².